The van der Waals surface area contributed by atoms with Crippen LogP contribution in [0, 0.1) is 6.92 Å². The smallest absolute Gasteiger partial charge is 0.192 e. The molecule has 20 heavy (non-hydrogen) atoms. The van der Waals surface area contributed by atoms with Crippen LogP contribution in [-0.4, -0.2) is 49.8 Å². The van der Waals surface area contributed by atoms with E-state index in [4.69, 9.17) is 9.15 Å². The molecule has 6 nitrogen and oxygen atoms in total. The summed E-state index contributed by atoms with van der Waals surface area (Å²) in [7, 11) is 0. The van der Waals surface area contributed by atoms with Gasteiger partial charge in [-0.15, -0.1) is 11.8 Å². The van der Waals surface area contributed by atoms with Crippen molar-refractivity contribution in [3.63, 3.8) is 0 Å². The lowest BCUT2D eigenvalue weighted by molar-refractivity contribution is -0.0785. The van der Waals surface area contributed by atoms with Crippen LogP contribution in [0.4, 0.5) is 0 Å². The number of aliphatic hydroxyl groups excluding tert-OH is 3. The van der Waals surface area contributed by atoms with Gasteiger partial charge in [0.05, 0.1) is 6.10 Å². The van der Waals surface area contributed by atoms with Gasteiger partial charge in [-0.05, 0) is 12.1 Å². The summed E-state index contributed by atoms with van der Waals surface area (Å²) >= 11 is 1.26. The number of hydrogen-bond acceptors (Lipinski definition) is 7. The van der Waals surface area contributed by atoms with Crippen molar-refractivity contribution in [2.45, 2.75) is 30.7 Å². The standard InChI is InChI=1S/C13H15NO5S/c1-6-14-8-4-7(2-3-10(8)18-6)19-13-12(17)11(16)9(15)5-20-13/h2-4,9,11-13,15-17H,5H2,1H3/t9-,11+,12-,13+/m1/s1. The fourth-order valence-electron chi connectivity index (χ4n) is 2.11. The van der Waals surface area contributed by atoms with Gasteiger partial charge in [0.15, 0.2) is 16.9 Å². The average Bonchev–Trinajstić information content (AvgIpc) is 2.79. The van der Waals surface area contributed by atoms with E-state index in [-0.39, 0.29) is 0 Å². The molecule has 3 rings (SSSR count). The van der Waals surface area contributed by atoms with Crippen LogP contribution in [0.1, 0.15) is 5.89 Å². The minimum absolute atomic E-state index is 0.314. The van der Waals surface area contributed by atoms with Gasteiger partial charge >= 0.3 is 0 Å². The molecule has 0 amide bonds. The van der Waals surface area contributed by atoms with Crippen molar-refractivity contribution in [3.8, 4) is 5.75 Å². The summed E-state index contributed by atoms with van der Waals surface area (Å²) in [6.45, 7) is 1.76. The van der Waals surface area contributed by atoms with E-state index in [0.29, 0.717) is 28.5 Å². The minimum Gasteiger partial charge on any atom is -0.477 e. The molecular formula is C13H15NO5S. The van der Waals surface area contributed by atoms with Crippen LogP contribution < -0.4 is 4.74 Å². The zero-order chi connectivity index (χ0) is 14.3. The van der Waals surface area contributed by atoms with E-state index >= 15 is 0 Å². The first-order valence-corrected chi connectivity index (χ1v) is 7.29. The molecule has 0 unspecified atom stereocenters. The molecule has 1 aliphatic heterocycles. The third kappa shape index (κ3) is 2.49. The summed E-state index contributed by atoms with van der Waals surface area (Å²) in [6.07, 6.45) is -3.27. The molecule has 2 heterocycles. The van der Waals surface area contributed by atoms with Gasteiger partial charge in [0.25, 0.3) is 0 Å². The second-order valence-corrected chi connectivity index (χ2v) is 5.86. The lowest BCUT2D eigenvalue weighted by atomic mass is 10.1. The first kappa shape index (κ1) is 13.7. The topological polar surface area (TPSA) is 96.0 Å². The average molecular weight is 297 g/mol. The second-order valence-electron chi connectivity index (χ2n) is 4.73. The van der Waals surface area contributed by atoms with Crippen molar-refractivity contribution in [1.82, 2.24) is 4.98 Å². The highest BCUT2D eigenvalue weighted by Crippen LogP contribution is 2.30. The van der Waals surface area contributed by atoms with Crippen LogP contribution in [0.3, 0.4) is 0 Å². The first-order chi connectivity index (χ1) is 9.54. The Hall–Kier alpha value is -1.28. The molecule has 4 atom stereocenters. The van der Waals surface area contributed by atoms with Crippen LogP contribution in [0.5, 0.6) is 5.75 Å². The van der Waals surface area contributed by atoms with Gasteiger partial charge < -0.3 is 24.5 Å². The normalized spacial score (nSPS) is 30.6. The number of aromatic nitrogens is 1. The molecule has 1 aliphatic rings. The molecule has 0 spiro atoms. The molecule has 0 bridgehead atoms. The molecule has 1 aromatic carbocycles. The lowest BCUT2D eigenvalue weighted by Gasteiger charge is -2.34. The van der Waals surface area contributed by atoms with Gasteiger partial charge in [0.2, 0.25) is 0 Å². The summed E-state index contributed by atoms with van der Waals surface area (Å²) in [4.78, 5) is 4.21. The van der Waals surface area contributed by atoms with Gasteiger partial charge in [0.1, 0.15) is 23.5 Å². The number of oxazole rings is 1. The molecule has 1 fully saturated rings. The van der Waals surface area contributed by atoms with E-state index in [0.717, 1.165) is 0 Å². The number of rotatable bonds is 2. The molecular weight excluding hydrogens is 282 g/mol. The Morgan fingerprint density at radius 2 is 2.10 bits per heavy atom. The number of aryl methyl sites for hydroxylation is 1. The second kappa shape index (κ2) is 5.25. The SMILES string of the molecule is Cc1nc2cc(O[C@H]3SC[C@@H](O)[C@H](O)[C@H]3O)ccc2o1. The maximum Gasteiger partial charge on any atom is 0.192 e. The number of thioether (sulfide) groups is 1. The van der Waals surface area contributed by atoms with E-state index in [1.165, 1.54) is 11.8 Å². The van der Waals surface area contributed by atoms with Crippen molar-refractivity contribution >= 4 is 22.9 Å². The zero-order valence-corrected chi connectivity index (χ0v) is 11.6. The number of aliphatic hydroxyl groups is 3. The van der Waals surface area contributed by atoms with Gasteiger partial charge in [-0.1, -0.05) is 0 Å². The number of benzene rings is 1. The van der Waals surface area contributed by atoms with Gasteiger partial charge in [0, 0.05) is 18.7 Å². The third-order valence-corrected chi connectivity index (χ3v) is 4.41. The van der Waals surface area contributed by atoms with Crippen LogP contribution in [0.2, 0.25) is 0 Å². The van der Waals surface area contributed by atoms with Crippen LogP contribution in [0.25, 0.3) is 11.1 Å². The number of ether oxygens (including phenoxy) is 1. The molecule has 0 aliphatic carbocycles. The van der Waals surface area contributed by atoms with Crippen molar-refractivity contribution in [2.75, 3.05) is 5.75 Å². The Morgan fingerprint density at radius 1 is 1.30 bits per heavy atom. The van der Waals surface area contributed by atoms with Crippen molar-refractivity contribution < 1.29 is 24.5 Å². The largest absolute Gasteiger partial charge is 0.477 e. The van der Waals surface area contributed by atoms with E-state index < -0.39 is 23.7 Å². The first-order valence-electron chi connectivity index (χ1n) is 6.24. The van der Waals surface area contributed by atoms with E-state index in [1.54, 1.807) is 25.1 Å². The summed E-state index contributed by atoms with van der Waals surface area (Å²) in [6, 6.07) is 5.18. The third-order valence-electron chi connectivity index (χ3n) is 3.17. The summed E-state index contributed by atoms with van der Waals surface area (Å²) in [5.41, 5.74) is 0.719. The summed E-state index contributed by atoms with van der Waals surface area (Å²) in [5, 5.41) is 29.0. The molecule has 3 N–H and O–H groups in total. The predicted octanol–water partition coefficient (Wildman–Crippen LogP) is 0.671. The van der Waals surface area contributed by atoms with Crippen LogP contribution in [0.15, 0.2) is 22.6 Å². The predicted molar refractivity (Wildman–Crippen MR) is 73.6 cm³/mol. The zero-order valence-electron chi connectivity index (χ0n) is 10.8. The molecule has 1 saturated heterocycles. The monoisotopic (exact) mass is 297 g/mol. The Kier molecular flexibility index (Phi) is 3.59. The highest BCUT2D eigenvalue weighted by Gasteiger charge is 2.38. The molecule has 7 heteroatoms. The Balaban J connectivity index is 1.78. The molecule has 1 aromatic heterocycles. The van der Waals surface area contributed by atoms with E-state index in [1.807, 2.05) is 0 Å². The molecule has 0 saturated carbocycles. The number of fused-ring (bicyclic) bond motifs is 1. The van der Waals surface area contributed by atoms with Gasteiger partial charge in [-0.25, -0.2) is 4.98 Å². The number of hydrogen-bond donors (Lipinski definition) is 3. The van der Waals surface area contributed by atoms with Crippen molar-refractivity contribution in [3.05, 3.63) is 24.1 Å². The van der Waals surface area contributed by atoms with Crippen LogP contribution in [-0.2, 0) is 0 Å². The minimum atomic E-state index is -1.20. The van der Waals surface area contributed by atoms with Crippen molar-refractivity contribution in [2.24, 2.45) is 0 Å². The van der Waals surface area contributed by atoms with Gasteiger partial charge in [-0.2, -0.15) is 0 Å². The summed E-state index contributed by atoms with van der Waals surface area (Å²) in [5.74, 6) is 1.42. The maximum absolute atomic E-state index is 9.90. The Morgan fingerprint density at radius 3 is 2.90 bits per heavy atom. The van der Waals surface area contributed by atoms with E-state index in [2.05, 4.69) is 4.98 Å². The van der Waals surface area contributed by atoms with Crippen LogP contribution >= 0.6 is 11.8 Å². The highest BCUT2D eigenvalue weighted by atomic mass is 32.2. The van der Waals surface area contributed by atoms with Crippen molar-refractivity contribution in [1.29, 1.82) is 0 Å². The van der Waals surface area contributed by atoms with Gasteiger partial charge in [-0.3, -0.25) is 0 Å². The fraction of sp³-hybridized carbons (Fsp3) is 0.462. The Bertz CT molecular complexity index is 616. The Labute approximate surface area is 119 Å². The fourth-order valence-corrected chi connectivity index (χ4v) is 3.23. The van der Waals surface area contributed by atoms with E-state index in [9.17, 15) is 15.3 Å². The molecule has 108 valence electrons. The molecule has 0 radical (unpaired) electrons. The number of nitrogens with zero attached hydrogens (tertiary/aromatic N) is 1. The highest BCUT2D eigenvalue weighted by molar-refractivity contribution is 7.99. The quantitative estimate of drug-likeness (QED) is 0.749. The lowest BCUT2D eigenvalue weighted by Crippen LogP contribution is -2.50. The molecule has 2 aromatic rings. The maximum atomic E-state index is 9.90. The summed E-state index contributed by atoms with van der Waals surface area (Å²) < 4.78 is 11.0.